The van der Waals surface area contributed by atoms with Crippen molar-refractivity contribution in [2.24, 2.45) is 7.05 Å². The Labute approximate surface area is 122 Å². The van der Waals surface area contributed by atoms with Gasteiger partial charge in [0.15, 0.2) is 5.16 Å². The van der Waals surface area contributed by atoms with Crippen LogP contribution in [-0.2, 0) is 11.8 Å². The van der Waals surface area contributed by atoms with E-state index in [9.17, 15) is 4.79 Å². The van der Waals surface area contributed by atoms with Gasteiger partial charge in [0.25, 0.3) is 0 Å². The zero-order chi connectivity index (χ0) is 14.5. The zero-order valence-electron chi connectivity index (χ0n) is 11.8. The third-order valence-corrected chi connectivity index (χ3v) is 4.38. The van der Waals surface area contributed by atoms with Crippen LogP contribution in [0, 0.1) is 6.92 Å². The van der Waals surface area contributed by atoms with E-state index in [1.54, 1.807) is 12.4 Å². The van der Waals surface area contributed by atoms with Gasteiger partial charge in [-0.25, -0.2) is 9.97 Å². The van der Waals surface area contributed by atoms with Gasteiger partial charge in [0.05, 0.1) is 5.25 Å². The first kappa shape index (κ1) is 14.6. The van der Waals surface area contributed by atoms with Gasteiger partial charge in [-0.2, -0.15) is 0 Å². The van der Waals surface area contributed by atoms with Crippen molar-refractivity contribution in [3.8, 4) is 0 Å². The summed E-state index contributed by atoms with van der Waals surface area (Å²) >= 11 is 1.47. The lowest BCUT2D eigenvalue weighted by Gasteiger charge is -2.14. The van der Waals surface area contributed by atoms with Gasteiger partial charge in [-0.3, -0.25) is 4.79 Å². The Kier molecular flexibility index (Phi) is 4.79. The van der Waals surface area contributed by atoms with Crippen molar-refractivity contribution >= 4 is 23.5 Å². The fourth-order valence-electron chi connectivity index (χ4n) is 1.73. The summed E-state index contributed by atoms with van der Waals surface area (Å²) in [6.07, 6.45) is 6.01. The van der Waals surface area contributed by atoms with Crippen molar-refractivity contribution in [1.29, 1.82) is 0 Å². The number of anilines is 1. The molecule has 2 aromatic rings. The van der Waals surface area contributed by atoms with Gasteiger partial charge in [-0.05, 0) is 25.0 Å². The van der Waals surface area contributed by atoms with Crippen molar-refractivity contribution in [1.82, 2.24) is 14.5 Å². The number of rotatable bonds is 5. The minimum absolute atomic E-state index is 0.0395. The predicted octanol–water partition coefficient (Wildman–Crippen LogP) is 2.63. The monoisotopic (exact) mass is 290 g/mol. The molecule has 5 nitrogen and oxygen atoms in total. The first-order valence-corrected chi connectivity index (χ1v) is 7.36. The van der Waals surface area contributed by atoms with Crippen LogP contribution in [0.2, 0.25) is 0 Å². The second-order valence-electron chi connectivity index (χ2n) is 4.49. The number of imidazole rings is 1. The van der Waals surface area contributed by atoms with Gasteiger partial charge in [0.2, 0.25) is 5.91 Å². The van der Waals surface area contributed by atoms with Crippen LogP contribution in [0.3, 0.4) is 0 Å². The Morgan fingerprint density at radius 2 is 2.25 bits per heavy atom. The highest BCUT2D eigenvalue weighted by molar-refractivity contribution is 8.00. The number of carbonyl (C=O) groups excluding carboxylic acids is 1. The van der Waals surface area contributed by atoms with Crippen molar-refractivity contribution in [2.45, 2.75) is 30.7 Å². The van der Waals surface area contributed by atoms with E-state index in [-0.39, 0.29) is 11.2 Å². The van der Waals surface area contributed by atoms with E-state index in [1.165, 1.54) is 11.8 Å². The minimum Gasteiger partial charge on any atom is -0.329 e. The molecule has 0 radical (unpaired) electrons. The summed E-state index contributed by atoms with van der Waals surface area (Å²) in [6.45, 7) is 3.92. The molecule has 1 N–H and O–H groups in total. The number of aryl methyl sites for hydroxylation is 2. The second kappa shape index (κ2) is 6.56. The molecule has 0 aromatic carbocycles. The molecule has 106 valence electrons. The molecule has 1 unspecified atom stereocenters. The number of aromatic nitrogens is 3. The van der Waals surface area contributed by atoms with E-state index in [4.69, 9.17) is 0 Å². The highest BCUT2D eigenvalue weighted by Gasteiger charge is 2.20. The Morgan fingerprint density at radius 3 is 2.85 bits per heavy atom. The van der Waals surface area contributed by atoms with Crippen LogP contribution in [0.15, 0.2) is 35.9 Å². The number of pyridine rings is 1. The Hall–Kier alpha value is -1.82. The van der Waals surface area contributed by atoms with Crippen LogP contribution in [0.25, 0.3) is 0 Å². The standard InChI is InChI=1S/C14H18N4OS/c1-4-11(20-14-16-8-9-18(14)3)13(19)17-12-10(2)6-5-7-15-12/h5-9,11H,4H2,1-3H3,(H,15,17,19). The number of nitrogens with one attached hydrogen (secondary N) is 1. The molecule has 20 heavy (non-hydrogen) atoms. The maximum absolute atomic E-state index is 12.3. The molecule has 0 saturated carbocycles. The van der Waals surface area contributed by atoms with E-state index in [2.05, 4.69) is 15.3 Å². The molecule has 0 aliphatic rings. The molecule has 2 aromatic heterocycles. The van der Waals surface area contributed by atoms with Crippen molar-refractivity contribution in [3.05, 3.63) is 36.3 Å². The first-order chi connectivity index (χ1) is 9.61. The summed E-state index contributed by atoms with van der Waals surface area (Å²) in [5, 5.41) is 3.54. The average Bonchev–Trinajstić information content (AvgIpc) is 2.84. The van der Waals surface area contributed by atoms with Crippen LogP contribution in [0.1, 0.15) is 18.9 Å². The number of hydrogen-bond donors (Lipinski definition) is 1. The molecule has 0 aliphatic heterocycles. The molecule has 2 heterocycles. The molecular weight excluding hydrogens is 272 g/mol. The van der Waals surface area contributed by atoms with E-state index in [0.717, 1.165) is 17.1 Å². The summed E-state index contributed by atoms with van der Waals surface area (Å²) in [5.74, 6) is 0.582. The van der Waals surface area contributed by atoms with Gasteiger partial charge in [-0.1, -0.05) is 24.8 Å². The largest absolute Gasteiger partial charge is 0.329 e. The van der Waals surface area contributed by atoms with Gasteiger partial charge in [-0.15, -0.1) is 0 Å². The zero-order valence-corrected chi connectivity index (χ0v) is 12.6. The van der Waals surface area contributed by atoms with Gasteiger partial charge in [0, 0.05) is 25.6 Å². The number of carbonyl (C=O) groups is 1. The lowest BCUT2D eigenvalue weighted by atomic mass is 10.2. The van der Waals surface area contributed by atoms with Gasteiger partial charge in [0.1, 0.15) is 5.82 Å². The lowest BCUT2D eigenvalue weighted by molar-refractivity contribution is -0.115. The molecule has 6 heteroatoms. The Balaban J connectivity index is 2.06. The van der Waals surface area contributed by atoms with Gasteiger partial charge >= 0.3 is 0 Å². The van der Waals surface area contributed by atoms with Crippen molar-refractivity contribution < 1.29 is 4.79 Å². The molecule has 0 bridgehead atoms. The van der Waals surface area contributed by atoms with E-state index in [1.807, 2.05) is 43.8 Å². The second-order valence-corrected chi connectivity index (χ2v) is 5.66. The topological polar surface area (TPSA) is 59.8 Å². The highest BCUT2D eigenvalue weighted by Crippen LogP contribution is 2.24. The van der Waals surface area contributed by atoms with E-state index < -0.39 is 0 Å². The molecule has 0 aliphatic carbocycles. The highest BCUT2D eigenvalue weighted by atomic mass is 32.2. The van der Waals surface area contributed by atoms with E-state index >= 15 is 0 Å². The lowest BCUT2D eigenvalue weighted by Crippen LogP contribution is -2.25. The number of amides is 1. The van der Waals surface area contributed by atoms with Gasteiger partial charge < -0.3 is 9.88 Å². The Bertz CT molecular complexity index is 596. The summed E-state index contributed by atoms with van der Waals surface area (Å²) in [7, 11) is 1.92. The normalized spacial score (nSPS) is 12.2. The number of thioether (sulfide) groups is 1. The summed E-state index contributed by atoms with van der Waals surface area (Å²) in [5.41, 5.74) is 0.956. The fourth-order valence-corrected chi connectivity index (χ4v) is 2.66. The van der Waals surface area contributed by atoms with Crippen molar-refractivity contribution in [3.63, 3.8) is 0 Å². The Morgan fingerprint density at radius 1 is 1.45 bits per heavy atom. The number of hydrogen-bond acceptors (Lipinski definition) is 4. The maximum atomic E-state index is 12.3. The van der Waals surface area contributed by atoms with Crippen LogP contribution >= 0.6 is 11.8 Å². The SMILES string of the molecule is CCC(Sc1nccn1C)C(=O)Nc1ncccc1C. The van der Waals surface area contributed by atoms with Crippen LogP contribution in [0.5, 0.6) is 0 Å². The maximum Gasteiger partial charge on any atom is 0.239 e. The minimum atomic E-state index is -0.183. The fraction of sp³-hybridized carbons (Fsp3) is 0.357. The van der Waals surface area contributed by atoms with Crippen molar-refractivity contribution in [2.75, 3.05) is 5.32 Å². The molecule has 2 rings (SSSR count). The summed E-state index contributed by atoms with van der Waals surface area (Å²) in [4.78, 5) is 20.8. The molecule has 0 saturated heterocycles. The third-order valence-electron chi connectivity index (χ3n) is 2.94. The predicted molar refractivity (Wildman–Crippen MR) is 80.7 cm³/mol. The van der Waals surface area contributed by atoms with E-state index in [0.29, 0.717) is 5.82 Å². The quantitative estimate of drug-likeness (QED) is 0.860. The molecule has 1 atom stereocenters. The van der Waals surface area contributed by atoms with Crippen LogP contribution in [0.4, 0.5) is 5.82 Å². The average molecular weight is 290 g/mol. The summed E-state index contributed by atoms with van der Waals surface area (Å²) < 4.78 is 1.91. The van der Waals surface area contributed by atoms with Crippen LogP contribution < -0.4 is 5.32 Å². The summed E-state index contributed by atoms with van der Waals surface area (Å²) in [6, 6.07) is 3.78. The third kappa shape index (κ3) is 3.39. The molecule has 0 fully saturated rings. The molecule has 1 amide bonds. The number of nitrogens with zero attached hydrogens (tertiary/aromatic N) is 3. The first-order valence-electron chi connectivity index (χ1n) is 6.48. The van der Waals surface area contributed by atoms with Crippen LogP contribution in [-0.4, -0.2) is 25.7 Å². The smallest absolute Gasteiger partial charge is 0.239 e. The molecular formula is C14H18N4OS. The molecule has 0 spiro atoms.